The average molecular weight is 291 g/mol. The molecule has 1 atom stereocenters. The number of hydrogen-bond donors (Lipinski definition) is 0. The summed E-state index contributed by atoms with van der Waals surface area (Å²) < 4.78 is 14.0. The molecule has 5 nitrogen and oxygen atoms in total. The van der Waals surface area contributed by atoms with Crippen LogP contribution in [-0.2, 0) is 16.1 Å². The first-order valence-corrected chi connectivity index (χ1v) is 7.42. The zero-order valence-electron chi connectivity index (χ0n) is 11.6. The summed E-state index contributed by atoms with van der Waals surface area (Å²) in [5.74, 6) is 0.0477. The Bertz CT molecular complexity index is 634. The summed E-state index contributed by atoms with van der Waals surface area (Å²) in [5, 5.41) is 0. The second-order valence-electron chi connectivity index (χ2n) is 5.43. The lowest BCUT2D eigenvalue weighted by atomic mass is 10.0. The van der Waals surface area contributed by atoms with Crippen LogP contribution >= 0.6 is 11.7 Å². The van der Waals surface area contributed by atoms with Crippen LogP contribution in [0.25, 0.3) is 11.0 Å². The molecule has 0 unspecified atom stereocenters. The van der Waals surface area contributed by atoms with Gasteiger partial charge in [0, 0.05) is 20.2 Å². The van der Waals surface area contributed by atoms with Gasteiger partial charge in [0.15, 0.2) is 0 Å². The third-order valence-electron chi connectivity index (χ3n) is 3.76. The summed E-state index contributed by atoms with van der Waals surface area (Å²) in [6, 6.07) is 5.92. The van der Waals surface area contributed by atoms with Gasteiger partial charge in [0.25, 0.3) is 5.91 Å². The van der Waals surface area contributed by atoms with Gasteiger partial charge in [-0.1, -0.05) is 6.07 Å². The van der Waals surface area contributed by atoms with E-state index in [0.29, 0.717) is 13.2 Å². The molecule has 1 aromatic carbocycles. The molecule has 20 heavy (non-hydrogen) atoms. The van der Waals surface area contributed by atoms with E-state index in [-0.39, 0.29) is 5.91 Å². The lowest BCUT2D eigenvalue weighted by Crippen LogP contribution is -2.44. The molecule has 1 amide bonds. The van der Waals surface area contributed by atoms with Crippen molar-refractivity contribution >= 4 is 28.7 Å². The van der Waals surface area contributed by atoms with Crippen LogP contribution in [0.15, 0.2) is 18.2 Å². The second-order valence-corrected chi connectivity index (χ2v) is 5.96. The summed E-state index contributed by atoms with van der Waals surface area (Å²) in [5.41, 5.74) is 2.19. The largest absolute Gasteiger partial charge is 0.365 e. The number of amides is 1. The van der Waals surface area contributed by atoms with Crippen molar-refractivity contribution in [2.45, 2.75) is 31.9 Å². The highest BCUT2D eigenvalue weighted by atomic mass is 32.1. The Morgan fingerprint density at radius 3 is 3.00 bits per heavy atom. The number of hydrogen-bond acceptors (Lipinski definition) is 5. The first-order chi connectivity index (χ1) is 9.58. The van der Waals surface area contributed by atoms with Gasteiger partial charge in [-0.05, 0) is 37.5 Å². The molecule has 0 spiro atoms. The first-order valence-electron chi connectivity index (χ1n) is 6.69. The zero-order chi connectivity index (χ0) is 14.2. The van der Waals surface area contributed by atoms with Crippen LogP contribution in [0.4, 0.5) is 0 Å². The number of nitrogens with zero attached hydrogens (tertiary/aromatic N) is 3. The van der Waals surface area contributed by atoms with Crippen molar-refractivity contribution in [3.63, 3.8) is 0 Å². The summed E-state index contributed by atoms with van der Waals surface area (Å²) in [7, 11) is 1.82. The van der Waals surface area contributed by atoms with Gasteiger partial charge in [-0.15, -0.1) is 0 Å². The lowest BCUT2D eigenvalue weighted by molar-refractivity contribution is -0.150. The van der Waals surface area contributed by atoms with Crippen molar-refractivity contribution in [1.29, 1.82) is 0 Å². The fourth-order valence-electron chi connectivity index (χ4n) is 2.62. The van der Waals surface area contributed by atoms with Crippen molar-refractivity contribution in [3.8, 4) is 0 Å². The van der Waals surface area contributed by atoms with Crippen LogP contribution in [-0.4, -0.2) is 38.8 Å². The standard InChI is InChI=1S/C14H17N3O2S/c1-14(6-3-7-19-14)13(18)17(2)9-10-4-5-11-12(8-10)16-20-15-11/h4-5,8H,3,6-7,9H2,1-2H3/t14-/m0/s1. The van der Waals surface area contributed by atoms with Crippen LogP contribution in [0.1, 0.15) is 25.3 Å². The molecule has 0 bridgehead atoms. The van der Waals surface area contributed by atoms with Gasteiger partial charge in [-0.3, -0.25) is 4.79 Å². The van der Waals surface area contributed by atoms with E-state index < -0.39 is 5.60 Å². The number of benzene rings is 1. The monoisotopic (exact) mass is 291 g/mol. The van der Waals surface area contributed by atoms with Crippen LogP contribution < -0.4 is 0 Å². The third kappa shape index (κ3) is 2.41. The summed E-state index contributed by atoms with van der Waals surface area (Å²) >= 11 is 1.21. The quantitative estimate of drug-likeness (QED) is 0.870. The van der Waals surface area contributed by atoms with E-state index in [2.05, 4.69) is 8.75 Å². The number of carbonyl (C=O) groups excluding carboxylic acids is 1. The van der Waals surface area contributed by atoms with Crippen molar-refractivity contribution in [2.24, 2.45) is 0 Å². The Hall–Kier alpha value is -1.53. The van der Waals surface area contributed by atoms with E-state index >= 15 is 0 Å². The predicted molar refractivity (Wildman–Crippen MR) is 77.5 cm³/mol. The Morgan fingerprint density at radius 1 is 1.45 bits per heavy atom. The molecule has 106 valence electrons. The second kappa shape index (κ2) is 5.10. The minimum absolute atomic E-state index is 0.0477. The van der Waals surface area contributed by atoms with Gasteiger partial charge in [0.2, 0.25) is 0 Å². The zero-order valence-corrected chi connectivity index (χ0v) is 12.4. The molecule has 6 heteroatoms. The molecule has 0 aliphatic carbocycles. The maximum Gasteiger partial charge on any atom is 0.254 e. The molecular weight excluding hydrogens is 274 g/mol. The normalized spacial score (nSPS) is 22.3. The van der Waals surface area contributed by atoms with Crippen molar-refractivity contribution in [3.05, 3.63) is 23.8 Å². The smallest absolute Gasteiger partial charge is 0.254 e. The summed E-state index contributed by atoms with van der Waals surface area (Å²) in [4.78, 5) is 14.2. The minimum Gasteiger partial charge on any atom is -0.365 e. The van der Waals surface area contributed by atoms with E-state index in [1.165, 1.54) is 11.7 Å². The molecule has 2 aromatic rings. The average Bonchev–Trinajstić information content (AvgIpc) is 3.06. The Balaban J connectivity index is 1.74. The highest BCUT2D eigenvalue weighted by Gasteiger charge is 2.39. The van der Waals surface area contributed by atoms with E-state index in [1.54, 1.807) is 4.90 Å². The molecule has 0 saturated carbocycles. The number of ether oxygens (including phenoxy) is 1. The molecular formula is C14H17N3O2S. The minimum atomic E-state index is -0.652. The van der Waals surface area contributed by atoms with Gasteiger partial charge in [0.1, 0.15) is 16.6 Å². The van der Waals surface area contributed by atoms with E-state index in [1.807, 2.05) is 32.2 Å². The van der Waals surface area contributed by atoms with Crippen LogP contribution in [0.2, 0.25) is 0 Å². The third-order valence-corrected chi connectivity index (χ3v) is 4.31. The van der Waals surface area contributed by atoms with Crippen LogP contribution in [0.3, 0.4) is 0 Å². The van der Waals surface area contributed by atoms with E-state index in [0.717, 1.165) is 29.4 Å². The maximum absolute atomic E-state index is 12.5. The molecule has 0 radical (unpaired) electrons. The Kier molecular flexibility index (Phi) is 3.43. The summed E-state index contributed by atoms with van der Waals surface area (Å²) in [6.07, 6.45) is 1.75. The number of fused-ring (bicyclic) bond motifs is 1. The molecule has 1 aromatic heterocycles. The van der Waals surface area contributed by atoms with E-state index in [4.69, 9.17) is 4.74 Å². The van der Waals surface area contributed by atoms with Gasteiger partial charge in [0.05, 0.1) is 11.7 Å². The van der Waals surface area contributed by atoms with Crippen molar-refractivity contribution in [1.82, 2.24) is 13.6 Å². The van der Waals surface area contributed by atoms with Gasteiger partial charge >= 0.3 is 0 Å². The number of aromatic nitrogens is 2. The van der Waals surface area contributed by atoms with Crippen LogP contribution in [0, 0.1) is 0 Å². The van der Waals surface area contributed by atoms with Gasteiger partial charge in [-0.2, -0.15) is 8.75 Å². The number of rotatable bonds is 3. The Morgan fingerprint density at radius 2 is 2.25 bits per heavy atom. The first kappa shape index (κ1) is 13.5. The fraction of sp³-hybridized carbons (Fsp3) is 0.500. The molecule has 1 saturated heterocycles. The van der Waals surface area contributed by atoms with Gasteiger partial charge in [-0.25, -0.2) is 0 Å². The highest BCUT2D eigenvalue weighted by Crippen LogP contribution is 2.27. The molecule has 2 heterocycles. The number of carbonyl (C=O) groups is 1. The fourth-order valence-corrected chi connectivity index (χ4v) is 3.14. The summed E-state index contributed by atoms with van der Waals surface area (Å²) in [6.45, 7) is 3.12. The topological polar surface area (TPSA) is 55.3 Å². The van der Waals surface area contributed by atoms with Gasteiger partial charge < -0.3 is 9.64 Å². The molecule has 3 rings (SSSR count). The SMILES string of the molecule is CN(Cc1ccc2nsnc2c1)C(=O)[C@]1(C)CCCO1. The predicted octanol–water partition coefficient (Wildman–Crippen LogP) is 2.22. The lowest BCUT2D eigenvalue weighted by Gasteiger charge is -2.28. The van der Waals surface area contributed by atoms with Crippen molar-refractivity contribution < 1.29 is 9.53 Å². The van der Waals surface area contributed by atoms with Crippen molar-refractivity contribution in [2.75, 3.05) is 13.7 Å². The molecule has 0 N–H and O–H groups in total. The number of likely N-dealkylation sites (N-methyl/N-ethyl adjacent to an activating group) is 1. The molecule has 1 aliphatic rings. The highest BCUT2D eigenvalue weighted by molar-refractivity contribution is 7.00. The van der Waals surface area contributed by atoms with Crippen LogP contribution in [0.5, 0.6) is 0 Å². The maximum atomic E-state index is 12.5. The molecule has 1 aliphatic heterocycles. The molecule has 1 fully saturated rings. The Labute approximate surface area is 121 Å². The van der Waals surface area contributed by atoms with E-state index in [9.17, 15) is 4.79 Å².